The maximum absolute atomic E-state index is 5.99. The molecule has 0 spiro atoms. The van der Waals surface area contributed by atoms with Crippen LogP contribution in [0.25, 0.3) is 0 Å². The van der Waals surface area contributed by atoms with Gasteiger partial charge in [-0.3, -0.25) is 0 Å². The summed E-state index contributed by atoms with van der Waals surface area (Å²) in [6.45, 7) is 8.03. The van der Waals surface area contributed by atoms with E-state index in [-0.39, 0.29) is 0 Å². The molecule has 1 aliphatic heterocycles. The molecule has 0 saturated carbocycles. The van der Waals surface area contributed by atoms with Gasteiger partial charge >= 0.3 is 0 Å². The Morgan fingerprint density at radius 2 is 1.14 bits per heavy atom. The molecule has 0 aliphatic carbocycles. The Morgan fingerprint density at radius 3 is 1.77 bits per heavy atom. The van der Waals surface area contributed by atoms with Gasteiger partial charge in [0.15, 0.2) is 0 Å². The quantitative estimate of drug-likeness (QED) is 0.148. The molecule has 0 atom stereocenters. The number of hydrogen-bond acceptors (Lipinski definition) is 7. The first-order valence-electron chi connectivity index (χ1n) is 15.4. The molecule has 44 heavy (non-hydrogen) atoms. The molecular weight excluding hydrogens is 550 g/mol. The standard InChI is InChI=1S/C37H45N3O4/c1-38-17-19-39(20-18-38)34-15-13-30(14-16-34)26-40(27-31-7-5-11-36(24-31)41-2)35-10-4-8-32(23-35)28-43-21-22-44-29-33-9-6-12-37(25-33)42-3/h4-16,23-25H,17-22,26-29H2,1-3H3. The molecule has 1 saturated heterocycles. The van der Waals surface area contributed by atoms with Gasteiger partial charge < -0.3 is 33.6 Å². The van der Waals surface area contributed by atoms with Crippen molar-refractivity contribution in [2.24, 2.45) is 0 Å². The molecular formula is C37H45N3O4. The van der Waals surface area contributed by atoms with Gasteiger partial charge in [-0.1, -0.05) is 48.5 Å². The van der Waals surface area contributed by atoms with Crippen molar-refractivity contribution in [3.05, 3.63) is 119 Å². The summed E-state index contributed by atoms with van der Waals surface area (Å²) in [7, 11) is 5.58. The third-order valence-electron chi connectivity index (χ3n) is 8.01. The van der Waals surface area contributed by atoms with Crippen LogP contribution in [-0.2, 0) is 35.8 Å². The molecule has 0 bridgehead atoms. The van der Waals surface area contributed by atoms with Crippen molar-refractivity contribution in [3.63, 3.8) is 0 Å². The van der Waals surface area contributed by atoms with Crippen LogP contribution in [0.3, 0.4) is 0 Å². The highest BCUT2D eigenvalue weighted by atomic mass is 16.5. The number of likely N-dealkylation sites (N-methyl/N-ethyl adjacent to an activating group) is 1. The number of anilines is 2. The normalized spacial score (nSPS) is 13.6. The zero-order chi connectivity index (χ0) is 30.6. The van der Waals surface area contributed by atoms with Crippen molar-refractivity contribution in [2.45, 2.75) is 26.3 Å². The zero-order valence-corrected chi connectivity index (χ0v) is 26.3. The molecule has 1 fully saturated rings. The van der Waals surface area contributed by atoms with Gasteiger partial charge in [0.25, 0.3) is 0 Å². The summed E-state index contributed by atoms with van der Waals surface area (Å²) < 4.78 is 22.6. The predicted octanol–water partition coefficient (Wildman–Crippen LogP) is 6.40. The highest BCUT2D eigenvalue weighted by molar-refractivity contribution is 5.52. The Hall–Kier alpha value is -4.04. The van der Waals surface area contributed by atoms with Gasteiger partial charge in [-0.05, 0) is 77.8 Å². The average Bonchev–Trinajstić information content (AvgIpc) is 3.07. The minimum Gasteiger partial charge on any atom is -0.497 e. The number of methoxy groups -OCH3 is 2. The SMILES string of the molecule is COc1cccc(COCCOCc2cccc(N(Cc3ccc(N4CCN(C)CC4)cc3)Cc3cccc(OC)c3)c2)c1. The van der Waals surface area contributed by atoms with Crippen LogP contribution in [0.15, 0.2) is 97.1 Å². The summed E-state index contributed by atoms with van der Waals surface area (Å²) in [6.07, 6.45) is 0. The lowest BCUT2D eigenvalue weighted by Gasteiger charge is -2.34. The van der Waals surface area contributed by atoms with Crippen molar-refractivity contribution in [1.29, 1.82) is 0 Å². The van der Waals surface area contributed by atoms with E-state index in [1.807, 2.05) is 30.3 Å². The number of hydrogen-bond donors (Lipinski definition) is 0. The van der Waals surface area contributed by atoms with Crippen LogP contribution in [0.5, 0.6) is 11.5 Å². The Bertz CT molecular complexity index is 1440. The lowest BCUT2D eigenvalue weighted by atomic mass is 10.1. The fraction of sp³-hybridized carbons (Fsp3) is 0.351. The molecule has 232 valence electrons. The monoisotopic (exact) mass is 595 g/mol. The number of nitrogens with zero attached hydrogens (tertiary/aromatic N) is 3. The zero-order valence-electron chi connectivity index (χ0n) is 26.3. The molecule has 0 aromatic heterocycles. The van der Waals surface area contributed by atoms with Crippen molar-refractivity contribution < 1.29 is 18.9 Å². The van der Waals surface area contributed by atoms with Gasteiger partial charge in [-0.2, -0.15) is 0 Å². The van der Waals surface area contributed by atoms with E-state index < -0.39 is 0 Å². The first-order chi connectivity index (χ1) is 21.6. The van der Waals surface area contributed by atoms with Crippen molar-refractivity contribution in [2.75, 3.05) is 70.5 Å². The van der Waals surface area contributed by atoms with Crippen LogP contribution >= 0.6 is 0 Å². The molecule has 7 heteroatoms. The van der Waals surface area contributed by atoms with Gasteiger partial charge in [0, 0.05) is 50.6 Å². The van der Waals surface area contributed by atoms with Gasteiger partial charge in [0.2, 0.25) is 0 Å². The number of benzene rings is 4. The largest absolute Gasteiger partial charge is 0.497 e. The molecule has 4 aromatic carbocycles. The summed E-state index contributed by atoms with van der Waals surface area (Å²) in [5, 5.41) is 0. The van der Waals surface area contributed by atoms with Crippen molar-refractivity contribution >= 4 is 11.4 Å². The second-order valence-electron chi connectivity index (χ2n) is 11.3. The summed E-state index contributed by atoms with van der Waals surface area (Å²) in [5.41, 5.74) is 7.16. The molecule has 4 aromatic rings. The lowest BCUT2D eigenvalue weighted by Crippen LogP contribution is -2.44. The summed E-state index contributed by atoms with van der Waals surface area (Å²) in [4.78, 5) is 7.28. The maximum Gasteiger partial charge on any atom is 0.119 e. The van der Waals surface area contributed by atoms with Gasteiger partial charge in [-0.15, -0.1) is 0 Å². The van der Waals surface area contributed by atoms with E-state index in [2.05, 4.69) is 88.5 Å². The molecule has 0 unspecified atom stereocenters. The molecule has 7 nitrogen and oxygen atoms in total. The third-order valence-corrected chi connectivity index (χ3v) is 8.01. The number of ether oxygens (including phenoxy) is 4. The fourth-order valence-electron chi connectivity index (χ4n) is 5.43. The van der Waals surface area contributed by atoms with E-state index in [0.29, 0.717) is 26.4 Å². The van der Waals surface area contributed by atoms with Crippen LogP contribution in [-0.4, -0.2) is 65.6 Å². The molecule has 1 aliphatic rings. The van der Waals surface area contributed by atoms with Crippen molar-refractivity contribution in [1.82, 2.24) is 4.90 Å². The van der Waals surface area contributed by atoms with Crippen molar-refractivity contribution in [3.8, 4) is 11.5 Å². The molecule has 1 heterocycles. The average molecular weight is 596 g/mol. The second-order valence-corrected chi connectivity index (χ2v) is 11.3. The Kier molecular flexibility index (Phi) is 11.5. The summed E-state index contributed by atoms with van der Waals surface area (Å²) in [5.74, 6) is 1.71. The first-order valence-corrected chi connectivity index (χ1v) is 15.4. The smallest absolute Gasteiger partial charge is 0.119 e. The summed E-state index contributed by atoms with van der Waals surface area (Å²) >= 11 is 0. The highest BCUT2D eigenvalue weighted by Gasteiger charge is 2.15. The third kappa shape index (κ3) is 9.23. The minimum atomic E-state index is 0.529. The minimum absolute atomic E-state index is 0.529. The van der Waals surface area contributed by atoms with E-state index in [4.69, 9.17) is 18.9 Å². The van der Waals surface area contributed by atoms with Gasteiger partial charge in [0.1, 0.15) is 11.5 Å². The van der Waals surface area contributed by atoms with E-state index in [9.17, 15) is 0 Å². The number of piperazine rings is 1. The fourth-order valence-corrected chi connectivity index (χ4v) is 5.43. The highest BCUT2D eigenvalue weighted by Crippen LogP contribution is 2.25. The Balaban J connectivity index is 1.20. The van der Waals surface area contributed by atoms with Crippen LogP contribution in [0.2, 0.25) is 0 Å². The van der Waals surface area contributed by atoms with Crippen LogP contribution in [0.4, 0.5) is 11.4 Å². The maximum atomic E-state index is 5.99. The van der Waals surface area contributed by atoms with E-state index >= 15 is 0 Å². The van der Waals surface area contributed by atoms with E-state index in [1.54, 1.807) is 14.2 Å². The Morgan fingerprint density at radius 1 is 0.591 bits per heavy atom. The predicted molar refractivity (Wildman–Crippen MR) is 178 cm³/mol. The molecule has 0 radical (unpaired) electrons. The van der Waals surface area contributed by atoms with Crippen LogP contribution in [0, 0.1) is 0 Å². The summed E-state index contributed by atoms with van der Waals surface area (Å²) in [6, 6.07) is 34.0. The van der Waals surface area contributed by atoms with Gasteiger partial charge in [-0.25, -0.2) is 0 Å². The topological polar surface area (TPSA) is 46.6 Å². The lowest BCUT2D eigenvalue weighted by molar-refractivity contribution is 0.0338. The molecule has 0 N–H and O–H groups in total. The number of rotatable bonds is 15. The molecule has 0 amide bonds. The molecule has 5 rings (SSSR count). The first kappa shape index (κ1) is 31.4. The van der Waals surface area contributed by atoms with Crippen LogP contribution < -0.4 is 19.3 Å². The van der Waals surface area contributed by atoms with Crippen LogP contribution in [0.1, 0.15) is 22.3 Å². The van der Waals surface area contributed by atoms with Gasteiger partial charge in [0.05, 0.1) is 40.6 Å². The van der Waals surface area contributed by atoms with E-state index in [0.717, 1.165) is 67.6 Å². The second kappa shape index (κ2) is 16.1. The van der Waals surface area contributed by atoms with E-state index in [1.165, 1.54) is 16.8 Å². The Labute approximate surface area is 262 Å².